The number of hydrogen-bond acceptors (Lipinski definition) is 4. The predicted octanol–water partition coefficient (Wildman–Crippen LogP) is 1.09. The zero-order valence-electron chi connectivity index (χ0n) is 11.8. The van der Waals surface area contributed by atoms with Crippen LogP contribution in [0, 0.1) is 0 Å². The van der Waals surface area contributed by atoms with Gasteiger partial charge >= 0.3 is 0 Å². The van der Waals surface area contributed by atoms with Gasteiger partial charge in [-0.05, 0) is 24.6 Å². The maximum absolute atomic E-state index is 11.9. The first-order chi connectivity index (χ1) is 8.97. The van der Waals surface area contributed by atoms with Gasteiger partial charge in [0.15, 0.2) is 11.5 Å². The minimum absolute atomic E-state index is 0.0480. The lowest BCUT2D eigenvalue weighted by atomic mass is 10.1. The SMILES string of the molecule is COc1ccc(CC(=O)N(C)CC(C)O)cc1OC. The van der Waals surface area contributed by atoms with E-state index in [0.29, 0.717) is 18.0 Å². The quantitative estimate of drug-likeness (QED) is 0.838. The van der Waals surface area contributed by atoms with E-state index >= 15 is 0 Å². The summed E-state index contributed by atoms with van der Waals surface area (Å²) >= 11 is 0. The summed E-state index contributed by atoms with van der Waals surface area (Å²) < 4.78 is 10.3. The Kier molecular flexibility index (Phi) is 5.63. The maximum Gasteiger partial charge on any atom is 0.226 e. The van der Waals surface area contributed by atoms with E-state index in [0.717, 1.165) is 5.56 Å². The Morgan fingerprint density at radius 2 is 1.95 bits per heavy atom. The van der Waals surface area contributed by atoms with Crippen molar-refractivity contribution in [1.29, 1.82) is 0 Å². The number of rotatable bonds is 6. The standard InChI is InChI=1S/C14H21NO4/c1-10(16)9-15(2)14(17)8-11-5-6-12(18-3)13(7-11)19-4/h5-7,10,16H,8-9H2,1-4H3. The highest BCUT2D eigenvalue weighted by molar-refractivity contribution is 5.78. The second kappa shape index (κ2) is 6.99. The first kappa shape index (κ1) is 15.3. The van der Waals surface area contributed by atoms with Crippen molar-refractivity contribution >= 4 is 5.91 Å². The molecule has 0 aromatic heterocycles. The van der Waals surface area contributed by atoms with Crippen molar-refractivity contribution in [1.82, 2.24) is 4.90 Å². The number of hydrogen-bond donors (Lipinski definition) is 1. The summed E-state index contributed by atoms with van der Waals surface area (Å²) in [6.45, 7) is 1.98. The molecule has 0 heterocycles. The summed E-state index contributed by atoms with van der Waals surface area (Å²) in [5.74, 6) is 1.19. The molecule has 106 valence electrons. The van der Waals surface area contributed by atoms with Crippen LogP contribution in [0.5, 0.6) is 11.5 Å². The summed E-state index contributed by atoms with van der Waals surface area (Å²) in [6.07, 6.45) is -0.261. The average Bonchev–Trinajstić information content (AvgIpc) is 2.37. The number of carbonyl (C=O) groups is 1. The van der Waals surface area contributed by atoms with Crippen LogP contribution in [-0.2, 0) is 11.2 Å². The van der Waals surface area contributed by atoms with E-state index in [2.05, 4.69) is 0 Å². The fourth-order valence-electron chi connectivity index (χ4n) is 1.80. The summed E-state index contributed by atoms with van der Waals surface area (Å²) in [5.41, 5.74) is 0.847. The molecule has 1 N–H and O–H groups in total. The smallest absolute Gasteiger partial charge is 0.226 e. The van der Waals surface area contributed by atoms with Crippen molar-refractivity contribution in [3.05, 3.63) is 23.8 Å². The van der Waals surface area contributed by atoms with Crippen LogP contribution in [0.1, 0.15) is 12.5 Å². The summed E-state index contributed by atoms with van der Waals surface area (Å²) in [5, 5.41) is 9.26. The van der Waals surface area contributed by atoms with Crippen LogP contribution in [0.2, 0.25) is 0 Å². The first-order valence-corrected chi connectivity index (χ1v) is 6.10. The number of nitrogens with zero attached hydrogens (tertiary/aromatic N) is 1. The topological polar surface area (TPSA) is 59.0 Å². The monoisotopic (exact) mass is 267 g/mol. The molecule has 1 amide bonds. The summed E-state index contributed by atoms with van der Waals surface area (Å²) in [4.78, 5) is 13.5. The Bertz CT molecular complexity index is 431. The third kappa shape index (κ3) is 4.44. The first-order valence-electron chi connectivity index (χ1n) is 6.10. The number of aliphatic hydroxyl groups excluding tert-OH is 1. The van der Waals surface area contributed by atoms with Crippen molar-refractivity contribution in [2.24, 2.45) is 0 Å². The molecule has 5 nitrogen and oxygen atoms in total. The Balaban J connectivity index is 2.74. The molecule has 0 saturated heterocycles. The normalized spacial score (nSPS) is 11.8. The third-order valence-corrected chi connectivity index (χ3v) is 2.77. The van der Waals surface area contributed by atoms with Crippen molar-refractivity contribution in [3.8, 4) is 11.5 Å². The van der Waals surface area contributed by atoms with E-state index in [-0.39, 0.29) is 12.3 Å². The number of likely N-dealkylation sites (N-methyl/N-ethyl adjacent to an activating group) is 1. The summed E-state index contributed by atoms with van der Waals surface area (Å²) in [6, 6.07) is 5.39. The molecule has 0 aliphatic heterocycles. The molecular formula is C14H21NO4. The molecule has 1 aromatic rings. The third-order valence-electron chi connectivity index (χ3n) is 2.77. The summed E-state index contributed by atoms with van der Waals surface area (Å²) in [7, 11) is 4.80. The van der Waals surface area contributed by atoms with E-state index in [9.17, 15) is 9.90 Å². The lowest BCUT2D eigenvalue weighted by Gasteiger charge is -2.19. The zero-order chi connectivity index (χ0) is 14.4. The minimum atomic E-state index is -0.528. The number of benzene rings is 1. The highest BCUT2D eigenvalue weighted by Crippen LogP contribution is 2.27. The molecule has 0 saturated carbocycles. The number of methoxy groups -OCH3 is 2. The van der Waals surface area contributed by atoms with E-state index < -0.39 is 6.10 Å². The zero-order valence-corrected chi connectivity index (χ0v) is 11.8. The van der Waals surface area contributed by atoms with Crippen LogP contribution in [0.25, 0.3) is 0 Å². The Labute approximate surface area is 113 Å². The van der Waals surface area contributed by atoms with E-state index in [1.165, 1.54) is 4.90 Å². The fourth-order valence-corrected chi connectivity index (χ4v) is 1.80. The van der Waals surface area contributed by atoms with Gasteiger partial charge in [-0.1, -0.05) is 6.07 Å². The lowest BCUT2D eigenvalue weighted by molar-refractivity contribution is -0.130. The second-order valence-corrected chi connectivity index (χ2v) is 4.49. The molecule has 19 heavy (non-hydrogen) atoms. The number of aliphatic hydroxyl groups is 1. The highest BCUT2D eigenvalue weighted by atomic mass is 16.5. The van der Waals surface area contributed by atoms with Crippen LogP contribution in [-0.4, -0.2) is 49.8 Å². The molecule has 1 aromatic carbocycles. The molecule has 0 spiro atoms. The van der Waals surface area contributed by atoms with Gasteiger partial charge in [-0.15, -0.1) is 0 Å². The van der Waals surface area contributed by atoms with Gasteiger partial charge in [-0.3, -0.25) is 4.79 Å². The van der Waals surface area contributed by atoms with Gasteiger partial charge < -0.3 is 19.5 Å². The van der Waals surface area contributed by atoms with Gasteiger partial charge in [-0.2, -0.15) is 0 Å². The number of amides is 1. The van der Waals surface area contributed by atoms with Crippen molar-refractivity contribution in [3.63, 3.8) is 0 Å². The van der Waals surface area contributed by atoms with Gasteiger partial charge in [0.2, 0.25) is 5.91 Å². The Morgan fingerprint density at radius 1 is 1.32 bits per heavy atom. The van der Waals surface area contributed by atoms with E-state index in [1.807, 2.05) is 6.07 Å². The molecule has 0 bridgehead atoms. The van der Waals surface area contributed by atoms with Crippen LogP contribution < -0.4 is 9.47 Å². The van der Waals surface area contributed by atoms with E-state index in [1.54, 1.807) is 40.3 Å². The van der Waals surface area contributed by atoms with Crippen molar-refractivity contribution in [2.75, 3.05) is 27.8 Å². The van der Waals surface area contributed by atoms with Crippen LogP contribution in [0.4, 0.5) is 0 Å². The number of carbonyl (C=O) groups excluding carboxylic acids is 1. The van der Waals surface area contributed by atoms with Gasteiger partial charge in [-0.25, -0.2) is 0 Å². The lowest BCUT2D eigenvalue weighted by Crippen LogP contribution is -2.34. The average molecular weight is 267 g/mol. The number of ether oxygens (including phenoxy) is 2. The Hall–Kier alpha value is -1.75. The van der Waals surface area contributed by atoms with Gasteiger partial charge in [0.25, 0.3) is 0 Å². The van der Waals surface area contributed by atoms with Crippen LogP contribution >= 0.6 is 0 Å². The molecular weight excluding hydrogens is 246 g/mol. The fraction of sp³-hybridized carbons (Fsp3) is 0.500. The highest BCUT2D eigenvalue weighted by Gasteiger charge is 2.13. The van der Waals surface area contributed by atoms with Crippen molar-refractivity contribution in [2.45, 2.75) is 19.4 Å². The Morgan fingerprint density at radius 3 is 2.47 bits per heavy atom. The van der Waals surface area contributed by atoms with Gasteiger partial charge in [0.1, 0.15) is 0 Å². The van der Waals surface area contributed by atoms with Gasteiger partial charge in [0, 0.05) is 13.6 Å². The molecule has 1 unspecified atom stereocenters. The predicted molar refractivity (Wildman–Crippen MR) is 72.6 cm³/mol. The van der Waals surface area contributed by atoms with Crippen LogP contribution in [0.3, 0.4) is 0 Å². The molecule has 0 aliphatic carbocycles. The second-order valence-electron chi connectivity index (χ2n) is 4.49. The molecule has 1 atom stereocenters. The van der Waals surface area contributed by atoms with Gasteiger partial charge in [0.05, 0.1) is 26.7 Å². The molecule has 5 heteroatoms. The largest absolute Gasteiger partial charge is 0.493 e. The molecule has 0 radical (unpaired) electrons. The molecule has 1 rings (SSSR count). The van der Waals surface area contributed by atoms with Crippen molar-refractivity contribution < 1.29 is 19.4 Å². The molecule has 0 aliphatic rings. The van der Waals surface area contributed by atoms with E-state index in [4.69, 9.17) is 9.47 Å². The molecule has 0 fully saturated rings. The van der Waals surface area contributed by atoms with Crippen LogP contribution in [0.15, 0.2) is 18.2 Å². The maximum atomic E-state index is 11.9. The minimum Gasteiger partial charge on any atom is -0.493 e.